The third kappa shape index (κ3) is 3.82. The number of alkyl halides is 3. The fraction of sp³-hybridized carbons (Fsp3) is 0.263. The Morgan fingerprint density at radius 1 is 1.22 bits per heavy atom. The Morgan fingerprint density at radius 2 is 1.89 bits per heavy atom. The molecule has 27 heavy (non-hydrogen) atoms. The second kappa shape index (κ2) is 7.52. The zero-order valence-electron chi connectivity index (χ0n) is 13.8. The van der Waals surface area contributed by atoms with Crippen LogP contribution in [0.3, 0.4) is 0 Å². The molecule has 0 fully saturated rings. The monoisotopic (exact) mass is 416 g/mol. The Bertz CT molecular complexity index is 1030. The van der Waals surface area contributed by atoms with Crippen LogP contribution in [0.5, 0.6) is 0 Å². The zero-order chi connectivity index (χ0) is 19.2. The van der Waals surface area contributed by atoms with Gasteiger partial charge in [0.15, 0.2) is 6.29 Å². The molecule has 0 aliphatic carbocycles. The second-order valence-corrected chi connectivity index (χ2v) is 6.73. The van der Waals surface area contributed by atoms with Crippen molar-refractivity contribution in [3.63, 3.8) is 0 Å². The van der Waals surface area contributed by atoms with Crippen LogP contribution < -0.4 is 0 Å². The molecule has 0 N–H and O–H groups in total. The minimum Gasteiger partial charge on any atom is -0.347 e. The molecule has 8 heteroatoms. The molecule has 2 aromatic heterocycles. The number of halogens is 5. The molecule has 0 radical (unpaired) electrons. The lowest BCUT2D eigenvalue weighted by molar-refractivity contribution is -0.141. The third-order valence-electron chi connectivity index (χ3n) is 4.32. The van der Waals surface area contributed by atoms with Crippen molar-refractivity contribution in [1.82, 2.24) is 9.55 Å². The third-order valence-corrected chi connectivity index (χ3v) is 5.12. The van der Waals surface area contributed by atoms with E-state index in [0.717, 1.165) is 6.07 Å². The van der Waals surface area contributed by atoms with E-state index in [2.05, 4.69) is 4.98 Å². The lowest BCUT2D eigenvalue weighted by Gasteiger charge is -2.11. The molecule has 0 unspecified atom stereocenters. The number of aryl methyl sites for hydroxylation is 2. The van der Waals surface area contributed by atoms with E-state index in [4.69, 9.17) is 23.2 Å². The predicted octanol–water partition coefficient (Wildman–Crippen LogP) is 6.25. The van der Waals surface area contributed by atoms with E-state index < -0.39 is 11.9 Å². The van der Waals surface area contributed by atoms with Gasteiger partial charge in [0.1, 0.15) is 5.69 Å². The number of hydrogen-bond acceptors (Lipinski definition) is 2. The summed E-state index contributed by atoms with van der Waals surface area (Å²) < 4.78 is 40.7. The molecular formula is C19H17Cl2F3N2O. The van der Waals surface area contributed by atoms with Gasteiger partial charge in [0.25, 0.3) is 0 Å². The highest BCUT2D eigenvalue weighted by Gasteiger charge is 2.33. The molecule has 2 heterocycles. The summed E-state index contributed by atoms with van der Waals surface area (Å²) in [6, 6.07) is 5.88. The van der Waals surface area contributed by atoms with Gasteiger partial charge in [0.05, 0.1) is 10.5 Å². The van der Waals surface area contributed by atoms with Crippen LogP contribution in [0, 0.1) is 6.92 Å². The Morgan fingerprint density at radius 3 is 2.48 bits per heavy atom. The normalized spacial score (nSPS) is 11.5. The summed E-state index contributed by atoms with van der Waals surface area (Å²) in [5.74, 6) is 0. The molecular weight excluding hydrogens is 400 g/mol. The van der Waals surface area contributed by atoms with E-state index in [1.54, 1.807) is 23.7 Å². The Kier molecular flexibility index (Phi) is 5.92. The molecule has 0 amide bonds. The predicted molar refractivity (Wildman–Crippen MR) is 102 cm³/mol. The van der Waals surface area contributed by atoms with Gasteiger partial charge in [-0.05, 0) is 36.8 Å². The van der Waals surface area contributed by atoms with Crippen molar-refractivity contribution in [3.05, 3.63) is 62.5 Å². The fourth-order valence-electron chi connectivity index (χ4n) is 2.90. The van der Waals surface area contributed by atoms with Gasteiger partial charge in [-0.2, -0.15) is 13.2 Å². The number of carbonyl (C=O) groups excluding carboxylic acids is 1. The molecule has 0 saturated heterocycles. The molecule has 3 rings (SSSR count). The summed E-state index contributed by atoms with van der Waals surface area (Å²) >= 11 is 12.5. The molecule has 0 saturated carbocycles. The summed E-state index contributed by atoms with van der Waals surface area (Å²) in [5, 5.41) is 1.24. The molecule has 144 valence electrons. The summed E-state index contributed by atoms with van der Waals surface area (Å²) in [4.78, 5) is 14.7. The molecule has 0 atom stereocenters. The van der Waals surface area contributed by atoms with Crippen molar-refractivity contribution in [2.45, 2.75) is 26.9 Å². The van der Waals surface area contributed by atoms with Crippen LogP contribution in [0.15, 0.2) is 24.3 Å². The number of hydrogen-bond donors (Lipinski definition) is 0. The largest absolute Gasteiger partial charge is 0.433 e. The van der Waals surface area contributed by atoms with Crippen LogP contribution in [-0.4, -0.2) is 15.8 Å². The summed E-state index contributed by atoms with van der Waals surface area (Å²) in [6.07, 6.45) is -3.62. The average Bonchev–Trinajstić information content (AvgIpc) is 2.88. The topological polar surface area (TPSA) is 34.9 Å². The van der Waals surface area contributed by atoms with Crippen LogP contribution in [0.1, 0.15) is 40.4 Å². The van der Waals surface area contributed by atoms with Crippen LogP contribution in [-0.2, 0) is 19.6 Å². The van der Waals surface area contributed by atoms with Gasteiger partial charge in [0, 0.05) is 40.8 Å². The van der Waals surface area contributed by atoms with Gasteiger partial charge in [-0.3, -0.25) is 4.79 Å². The van der Waals surface area contributed by atoms with E-state index in [-0.39, 0.29) is 24.6 Å². The highest BCUT2D eigenvalue weighted by Crippen LogP contribution is 2.34. The molecule has 3 nitrogen and oxygen atoms in total. The maximum atomic E-state index is 13.0. The van der Waals surface area contributed by atoms with E-state index >= 15 is 0 Å². The minimum atomic E-state index is -4.52. The Labute approximate surface area is 164 Å². The number of aldehydes is 1. The highest BCUT2D eigenvalue weighted by atomic mass is 35.5. The molecule has 0 spiro atoms. The van der Waals surface area contributed by atoms with Crippen molar-refractivity contribution < 1.29 is 18.0 Å². The number of aromatic nitrogens is 2. The second-order valence-electron chi connectivity index (χ2n) is 5.94. The van der Waals surface area contributed by atoms with Crippen LogP contribution >= 0.6 is 23.2 Å². The van der Waals surface area contributed by atoms with Crippen molar-refractivity contribution >= 4 is 40.4 Å². The first-order valence-corrected chi connectivity index (χ1v) is 8.34. The first kappa shape index (κ1) is 21.3. The van der Waals surface area contributed by atoms with Crippen molar-refractivity contribution in [2.75, 3.05) is 0 Å². The van der Waals surface area contributed by atoms with Gasteiger partial charge in [-0.25, -0.2) is 4.98 Å². The lowest BCUT2D eigenvalue weighted by Crippen LogP contribution is -2.09. The highest BCUT2D eigenvalue weighted by molar-refractivity contribution is 6.37. The van der Waals surface area contributed by atoms with Gasteiger partial charge < -0.3 is 4.57 Å². The van der Waals surface area contributed by atoms with Gasteiger partial charge in [-0.15, -0.1) is 0 Å². The first-order chi connectivity index (χ1) is 12.1. The number of pyridine rings is 1. The Hall–Kier alpha value is -2.05. The smallest absolute Gasteiger partial charge is 0.347 e. The van der Waals surface area contributed by atoms with E-state index in [9.17, 15) is 18.0 Å². The van der Waals surface area contributed by atoms with Gasteiger partial charge >= 0.3 is 6.18 Å². The summed E-state index contributed by atoms with van der Waals surface area (Å²) in [7, 11) is 1.67. The minimum absolute atomic E-state index is 0. The number of nitrogens with zero attached hydrogens (tertiary/aromatic N) is 2. The fourth-order valence-corrected chi connectivity index (χ4v) is 3.45. The Balaban J connectivity index is 0.00000261. The molecule has 1 aromatic carbocycles. The van der Waals surface area contributed by atoms with E-state index in [1.165, 1.54) is 13.0 Å². The summed E-state index contributed by atoms with van der Waals surface area (Å²) in [5.41, 5.74) is 1.33. The van der Waals surface area contributed by atoms with Crippen molar-refractivity contribution in [1.29, 1.82) is 0 Å². The summed E-state index contributed by atoms with van der Waals surface area (Å²) in [6.45, 7) is 1.54. The maximum absolute atomic E-state index is 13.0. The van der Waals surface area contributed by atoms with Crippen molar-refractivity contribution in [2.24, 2.45) is 7.05 Å². The average molecular weight is 417 g/mol. The number of rotatable bonds is 3. The molecule has 0 bridgehead atoms. The van der Waals surface area contributed by atoms with Gasteiger partial charge in [-0.1, -0.05) is 30.6 Å². The SMILES string of the molecule is C.Cc1nc(C(F)(F)F)cc2c1cc(Cc1c(Cl)ccc(C=O)c1Cl)n2C. The maximum Gasteiger partial charge on any atom is 0.433 e. The van der Waals surface area contributed by atoms with Crippen molar-refractivity contribution in [3.8, 4) is 0 Å². The number of benzene rings is 1. The van der Waals surface area contributed by atoms with Crippen LogP contribution in [0.2, 0.25) is 10.0 Å². The number of fused-ring (bicyclic) bond motifs is 1. The van der Waals surface area contributed by atoms with E-state index in [1.807, 2.05) is 0 Å². The quantitative estimate of drug-likeness (QED) is 0.473. The lowest BCUT2D eigenvalue weighted by atomic mass is 10.1. The van der Waals surface area contributed by atoms with Crippen LogP contribution in [0.4, 0.5) is 13.2 Å². The molecule has 0 aliphatic rings. The number of carbonyl (C=O) groups is 1. The standard InChI is InChI=1S/C18H13Cl2F3N2O.CH4/c1-9-12-5-11(6-13-14(19)4-3-10(8-26)17(13)20)25(2)15(12)7-16(24-9)18(21,22)23;/h3-5,7-8H,6H2,1-2H3;1H4. The van der Waals surface area contributed by atoms with Gasteiger partial charge in [0.2, 0.25) is 0 Å². The molecule has 3 aromatic rings. The van der Waals surface area contributed by atoms with E-state index in [0.29, 0.717) is 39.0 Å². The van der Waals surface area contributed by atoms with Crippen LogP contribution in [0.25, 0.3) is 10.9 Å². The molecule has 0 aliphatic heterocycles. The first-order valence-electron chi connectivity index (χ1n) is 7.58. The zero-order valence-corrected chi connectivity index (χ0v) is 15.3.